The van der Waals surface area contributed by atoms with Crippen molar-refractivity contribution < 1.29 is 0 Å². The van der Waals surface area contributed by atoms with E-state index in [4.69, 9.17) is 0 Å². The molecule has 2 N–H and O–H groups in total. The van der Waals surface area contributed by atoms with Gasteiger partial charge in [-0.05, 0) is 23.8 Å². The van der Waals surface area contributed by atoms with Gasteiger partial charge in [0.25, 0.3) is 5.56 Å². The second kappa shape index (κ2) is 6.36. The minimum absolute atomic E-state index is 0.156. The lowest BCUT2D eigenvalue weighted by atomic mass is 10.2. The maximum atomic E-state index is 11.7. The maximum absolute atomic E-state index is 11.7. The van der Waals surface area contributed by atoms with Gasteiger partial charge in [0.15, 0.2) is 0 Å². The molecule has 0 bridgehead atoms. The molecule has 2 aromatic carbocycles. The molecule has 0 fully saturated rings. The molecule has 0 unspecified atom stereocenters. The topological polar surface area (TPSA) is 60.5 Å². The average Bonchev–Trinajstić information content (AvgIpc) is 2.55. The Labute approximate surface area is 134 Å². The van der Waals surface area contributed by atoms with E-state index >= 15 is 0 Å². The van der Waals surface area contributed by atoms with E-state index in [2.05, 4.69) is 15.5 Å². The van der Waals surface area contributed by atoms with Crippen molar-refractivity contribution in [3.63, 3.8) is 0 Å². The van der Waals surface area contributed by atoms with Crippen LogP contribution in [0.3, 0.4) is 0 Å². The van der Waals surface area contributed by atoms with Crippen LogP contribution in [0.25, 0.3) is 10.9 Å². The zero-order chi connectivity index (χ0) is 16.2. The third-order valence-corrected chi connectivity index (χ3v) is 3.56. The monoisotopic (exact) mass is 306 g/mol. The smallest absolute Gasteiger partial charge is 0.250 e. The number of aromatic amines is 1. The van der Waals surface area contributed by atoms with E-state index in [0.29, 0.717) is 5.69 Å². The highest BCUT2D eigenvalue weighted by Gasteiger charge is 2.01. The Bertz CT molecular complexity index is 895. The van der Waals surface area contributed by atoms with Gasteiger partial charge in [0.2, 0.25) is 0 Å². The Morgan fingerprint density at radius 1 is 1.09 bits per heavy atom. The SMILES string of the molecule is CN(C)c1ccc(C=NNc2cc(=O)[nH]c3ccccc23)cc1. The maximum Gasteiger partial charge on any atom is 0.250 e. The number of fused-ring (bicyclic) bond motifs is 1. The van der Waals surface area contributed by atoms with Crippen molar-refractivity contribution in [1.29, 1.82) is 0 Å². The number of benzene rings is 2. The number of nitrogens with zero attached hydrogens (tertiary/aromatic N) is 2. The molecule has 5 heteroatoms. The summed E-state index contributed by atoms with van der Waals surface area (Å²) in [4.78, 5) is 16.5. The summed E-state index contributed by atoms with van der Waals surface area (Å²) in [5, 5.41) is 5.16. The molecule has 0 aliphatic rings. The highest BCUT2D eigenvalue weighted by Crippen LogP contribution is 2.19. The van der Waals surface area contributed by atoms with E-state index in [1.54, 1.807) is 6.21 Å². The highest BCUT2D eigenvalue weighted by atomic mass is 16.1. The molecule has 0 atom stereocenters. The minimum atomic E-state index is -0.156. The first-order valence-electron chi connectivity index (χ1n) is 7.32. The van der Waals surface area contributed by atoms with Gasteiger partial charge in [0.1, 0.15) is 0 Å². The molecule has 0 saturated carbocycles. The first-order valence-corrected chi connectivity index (χ1v) is 7.32. The van der Waals surface area contributed by atoms with Crippen molar-refractivity contribution in [3.8, 4) is 0 Å². The van der Waals surface area contributed by atoms with Crippen molar-refractivity contribution in [2.45, 2.75) is 0 Å². The molecule has 116 valence electrons. The van der Waals surface area contributed by atoms with E-state index in [-0.39, 0.29) is 5.56 Å². The Kier molecular flexibility index (Phi) is 4.10. The number of anilines is 2. The summed E-state index contributed by atoms with van der Waals surface area (Å²) in [6.07, 6.45) is 1.73. The lowest BCUT2D eigenvalue weighted by Crippen LogP contribution is -2.08. The fourth-order valence-corrected chi connectivity index (χ4v) is 2.33. The van der Waals surface area contributed by atoms with E-state index in [1.165, 1.54) is 6.07 Å². The summed E-state index contributed by atoms with van der Waals surface area (Å²) in [6, 6.07) is 17.2. The lowest BCUT2D eigenvalue weighted by Gasteiger charge is -2.11. The normalized spacial score (nSPS) is 11.0. The van der Waals surface area contributed by atoms with Gasteiger partial charge in [0.05, 0.1) is 17.4 Å². The van der Waals surface area contributed by atoms with Gasteiger partial charge in [-0.2, -0.15) is 5.10 Å². The van der Waals surface area contributed by atoms with Crippen LogP contribution in [0.2, 0.25) is 0 Å². The van der Waals surface area contributed by atoms with E-state index in [0.717, 1.165) is 22.2 Å². The number of aromatic nitrogens is 1. The molecule has 1 aromatic heterocycles. The van der Waals surface area contributed by atoms with Gasteiger partial charge < -0.3 is 9.88 Å². The van der Waals surface area contributed by atoms with Gasteiger partial charge in [-0.15, -0.1) is 0 Å². The molecule has 0 saturated heterocycles. The van der Waals surface area contributed by atoms with Gasteiger partial charge in [-0.1, -0.05) is 30.3 Å². The van der Waals surface area contributed by atoms with Crippen molar-refractivity contribution >= 4 is 28.5 Å². The van der Waals surface area contributed by atoms with Gasteiger partial charge in [0, 0.05) is 31.2 Å². The quantitative estimate of drug-likeness (QED) is 0.575. The predicted molar refractivity (Wildman–Crippen MR) is 96.6 cm³/mol. The fraction of sp³-hybridized carbons (Fsp3) is 0.111. The second-order valence-electron chi connectivity index (χ2n) is 5.45. The molecule has 3 rings (SSSR count). The first-order chi connectivity index (χ1) is 11.1. The molecule has 0 amide bonds. The molecular weight excluding hydrogens is 288 g/mol. The van der Waals surface area contributed by atoms with Crippen molar-refractivity contribution in [2.24, 2.45) is 5.10 Å². The highest BCUT2D eigenvalue weighted by molar-refractivity contribution is 5.91. The molecule has 0 spiro atoms. The zero-order valence-electron chi connectivity index (χ0n) is 13.1. The van der Waals surface area contributed by atoms with Crippen LogP contribution >= 0.6 is 0 Å². The molecule has 1 heterocycles. The molecular formula is C18H18N4O. The molecule has 5 nitrogen and oxygen atoms in total. The first kappa shape index (κ1) is 14.8. The predicted octanol–water partition coefficient (Wildman–Crippen LogP) is 3.04. The number of para-hydroxylation sites is 1. The van der Waals surface area contributed by atoms with Gasteiger partial charge in [-0.25, -0.2) is 0 Å². The number of H-pyrrole nitrogens is 1. The Morgan fingerprint density at radius 3 is 2.57 bits per heavy atom. The van der Waals surface area contributed by atoms with Crippen LogP contribution in [0.15, 0.2) is 64.5 Å². The van der Waals surface area contributed by atoms with Gasteiger partial charge in [-0.3, -0.25) is 10.2 Å². The Hall–Kier alpha value is -3.08. The fourth-order valence-electron chi connectivity index (χ4n) is 2.33. The Morgan fingerprint density at radius 2 is 1.83 bits per heavy atom. The summed E-state index contributed by atoms with van der Waals surface area (Å²) in [7, 11) is 4.01. The number of hydrogen-bond acceptors (Lipinski definition) is 4. The van der Waals surface area contributed by atoms with Crippen LogP contribution < -0.4 is 15.9 Å². The average molecular weight is 306 g/mol. The minimum Gasteiger partial charge on any atom is -0.378 e. The van der Waals surface area contributed by atoms with Crippen LogP contribution in [0, 0.1) is 0 Å². The van der Waals surface area contributed by atoms with Crippen molar-refractivity contribution in [1.82, 2.24) is 4.98 Å². The van der Waals surface area contributed by atoms with Crippen molar-refractivity contribution in [3.05, 3.63) is 70.5 Å². The molecule has 3 aromatic rings. The molecule has 0 aliphatic carbocycles. The van der Waals surface area contributed by atoms with E-state index < -0.39 is 0 Å². The summed E-state index contributed by atoms with van der Waals surface area (Å²) in [5.74, 6) is 0. The van der Waals surface area contributed by atoms with Crippen molar-refractivity contribution in [2.75, 3.05) is 24.4 Å². The third-order valence-electron chi connectivity index (χ3n) is 3.56. The van der Waals surface area contributed by atoms with Crippen LogP contribution in [0.4, 0.5) is 11.4 Å². The van der Waals surface area contributed by atoms with E-state index in [1.807, 2.05) is 67.5 Å². The van der Waals surface area contributed by atoms with Crippen LogP contribution in [-0.2, 0) is 0 Å². The number of rotatable bonds is 4. The third kappa shape index (κ3) is 3.40. The van der Waals surface area contributed by atoms with Crippen LogP contribution in [0.5, 0.6) is 0 Å². The number of hydrogen-bond donors (Lipinski definition) is 2. The second-order valence-corrected chi connectivity index (χ2v) is 5.45. The van der Waals surface area contributed by atoms with Gasteiger partial charge >= 0.3 is 0 Å². The van der Waals surface area contributed by atoms with E-state index in [9.17, 15) is 4.79 Å². The Balaban J connectivity index is 1.81. The molecule has 0 radical (unpaired) electrons. The van der Waals surface area contributed by atoms with Crippen LogP contribution in [0.1, 0.15) is 5.56 Å². The zero-order valence-corrected chi connectivity index (χ0v) is 13.1. The molecule has 0 aliphatic heterocycles. The lowest BCUT2D eigenvalue weighted by molar-refractivity contribution is 1.13. The summed E-state index contributed by atoms with van der Waals surface area (Å²) in [6.45, 7) is 0. The summed E-state index contributed by atoms with van der Waals surface area (Å²) in [5.41, 5.74) is 6.39. The largest absolute Gasteiger partial charge is 0.378 e. The standard InChI is InChI=1S/C18H18N4O/c1-22(2)14-9-7-13(8-10-14)12-19-21-17-11-18(23)20-16-6-4-3-5-15(16)17/h3-12H,1-2H3,(H2,20,21,23). The van der Waals surface area contributed by atoms with Crippen LogP contribution in [-0.4, -0.2) is 25.3 Å². The number of nitrogens with one attached hydrogen (secondary N) is 2. The number of pyridine rings is 1. The summed E-state index contributed by atoms with van der Waals surface area (Å²) < 4.78 is 0. The summed E-state index contributed by atoms with van der Waals surface area (Å²) >= 11 is 0. The number of hydrazone groups is 1. The molecule has 23 heavy (non-hydrogen) atoms.